The second kappa shape index (κ2) is 22.2. The van der Waals surface area contributed by atoms with E-state index in [0.717, 1.165) is 22.8 Å². The summed E-state index contributed by atoms with van der Waals surface area (Å²) in [7, 11) is -9.89. The standard InChI is InChI=1S/2C13H11N7.C2H3N.2ClHO4.Fe/c2*14-12-18-11(19-13(15)20-12)10-6-3-5-9(17-10)8-4-1-2-7-16-8;1-2-3;2*2-1(3,4)5;/h2*1-7H,(H4,14,15,18,19,20);1H3;2*(H,2,3,4,5);/q;;;;;+2/p-2. The summed E-state index contributed by atoms with van der Waals surface area (Å²) in [5, 5.41) is 7.32. The molecular weight excluding hydrogens is 801 g/mol. The number of nitrogen functional groups attached to an aromatic ring is 4. The van der Waals surface area contributed by atoms with E-state index in [2.05, 4.69) is 49.8 Å². The predicted molar refractivity (Wildman–Crippen MR) is 162 cm³/mol. The van der Waals surface area contributed by atoms with Gasteiger partial charge in [0.1, 0.15) is 11.4 Å². The van der Waals surface area contributed by atoms with E-state index in [-0.39, 0.29) is 40.9 Å². The molecule has 6 rings (SSSR count). The second-order valence-electron chi connectivity index (χ2n) is 8.98. The normalized spacial score (nSPS) is 10.1. The first kappa shape index (κ1) is 46.1. The topological polar surface area (TPSA) is 441 Å². The molecule has 6 heterocycles. The molecule has 6 aromatic heterocycles. The van der Waals surface area contributed by atoms with Gasteiger partial charge in [0.15, 0.2) is 11.6 Å². The average Bonchev–Trinajstić information content (AvgIpc) is 3.08. The van der Waals surface area contributed by atoms with Gasteiger partial charge in [-0.1, -0.05) is 24.3 Å². The fourth-order valence-corrected chi connectivity index (χ4v) is 3.48. The molecule has 0 spiro atoms. The second-order valence-corrected chi connectivity index (χ2v) is 10.5. The zero-order valence-corrected chi connectivity index (χ0v) is 29.8. The Hall–Kier alpha value is -5.91. The van der Waals surface area contributed by atoms with E-state index in [1.165, 1.54) is 6.92 Å². The summed E-state index contributed by atoms with van der Waals surface area (Å²) in [5.41, 5.74) is 26.4. The molecule has 0 aliphatic carbocycles. The van der Waals surface area contributed by atoms with Crippen molar-refractivity contribution in [3.63, 3.8) is 0 Å². The molecule has 0 aliphatic heterocycles. The maximum Gasteiger partial charge on any atom is 2.00 e. The van der Waals surface area contributed by atoms with Crippen molar-refractivity contribution in [1.82, 2.24) is 49.8 Å². The molecule has 54 heavy (non-hydrogen) atoms. The van der Waals surface area contributed by atoms with E-state index < -0.39 is 20.5 Å². The summed E-state index contributed by atoms with van der Waals surface area (Å²) in [6, 6.07) is 24.0. The summed E-state index contributed by atoms with van der Waals surface area (Å²) in [4.78, 5) is 41.0. The number of hydrogen-bond acceptors (Lipinski definition) is 23. The molecule has 0 unspecified atom stereocenters. The Morgan fingerprint density at radius 1 is 0.444 bits per heavy atom. The third-order valence-electron chi connectivity index (χ3n) is 5.15. The van der Waals surface area contributed by atoms with Gasteiger partial charge in [-0.25, -0.2) is 47.2 Å². The number of nitrogens with two attached hydrogens (primary N) is 4. The van der Waals surface area contributed by atoms with Gasteiger partial charge >= 0.3 is 17.1 Å². The average molecular weight is 826 g/mol. The molecule has 282 valence electrons. The quantitative estimate of drug-likeness (QED) is 0.120. The van der Waals surface area contributed by atoms with E-state index in [4.69, 9.17) is 65.5 Å². The predicted octanol–water partition coefficient (Wildman–Crippen LogP) is -6.66. The maximum absolute atomic E-state index is 8.49. The maximum atomic E-state index is 8.49. The van der Waals surface area contributed by atoms with E-state index in [1.54, 1.807) is 30.6 Å². The van der Waals surface area contributed by atoms with Crippen LogP contribution in [0, 0.1) is 31.8 Å². The summed E-state index contributed by atoms with van der Waals surface area (Å²) >= 11 is 0. The van der Waals surface area contributed by atoms with Crippen LogP contribution in [0.15, 0.2) is 85.2 Å². The fourth-order valence-electron chi connectivity index (χ4n) is 3.48. The zero-order chi connectivity index (χ0) is 39.6. The zero-order valence-electron chi connectivity index (χ0n) is 27.2. The van der Waals surface area contributed by atoms with E-state index in [0.29, 0.717) is 23.0 Å². The van der Waals surface area contributed by atoms with Crippen LogP contribution in [0.2, 0.25) is 0 Å². The molecule has 26 heteroatoms. The minimum absolute atomic E-state index is 0. The Balaban J connectivity index is 0.000000404. The van der Waals surface area contributed by atoms with Crippen molar-refractivity contribution < 1.29 is 74.8 Å². The van der Waals surface area contributed by atoms with Crippen LogP contribution in [-0.2, 0) is 17.1 Å². The van der Waals surface area contributed by atoms with Crippen molar-refractivity contribution in [2.45, 2.75) is 6.92 Å². The molecule has 0 saturated heterocycles. The van der Waals surface area contributed by atoms with Crippen LogP contribution in [0.3, 0.4) is 0 Å². The molecule has 0 aromatic carbocycles. The van der Waals surface area contributed by atoms with Crippen molar-refractivity contribution in [1.29, 1.82) is 5.26 Å². The number of rotatable bonds is 4. The number of pyridine rings is 4. The minimum atomic E-state index is -4.94. The molecule has 0 bridgehead atoms. The van der Waals surface area contributed by atoms with Crippen molar-refractivity contribution >= 4 is 23.8 Å². The largest absolute Gasteiger partial charge is 2.00 e. The van der Waals surface area contributed by atoms with Gasteiger partial charge in [-0.05, 0) is 48.5 Å². The molecule has 0 amide bonds. The Bertz CT molecular complexity index is 1890. The van der Waals surface area contributed by atoms with Crippen LogP contribution in [0.1, 0.15) is 6.92 Å². The summed E-state index contributed by atoms with van der Waals surface area (Å²) in [6.07, 6.45) is 3.42. The van der Waals surface area contributed by atoms with Crippen LogP contribution >= 0.6 is 0 Å². The van der Waals surface area contributed by atoms with Crippen molar-refractivity contribution in [2.75, 3.05) is 22.9 Å². The summed E-state index contributed by atoms with van der Waals surface area (Å²) in [5.74, 6) is 0.950. The van der Waals surface area contributed by atoms with Crippen LogP contribution in [0.4, 0.5) is 23.8 Å². The van der Waals surface area contributed by atoms with Gasteiger partial charge in [0.05, 0.1) is 28.8 Å². The van der Waals surface area contributed by atoms with Gasteiger partial charge < -0.3 is 22.9 Å². The monoisotopic (exact) mass is 825 g/mol. The van der Waals surface area contributed by atoms with Crippen molar-refractivity contribution in [3.8, 4) is 51.9 Å². The molecule has 8 N–H and O–H groups in total. The Morgan fingerprint density at radius 2 is 0.704 bits per heavy atom. The van der Waals surface area contributed by atoms with Crippen LogP contribution in [0.25, 0.3) is 45.8 Å². The third kappa shape index (κ3) is 19.1. The number of halogens is 2. The number of nitrogens with zero attached hydrogens (tertiary/aromatic N) is 11. The van der Waals surface area contributed by atoms with E-state index in [9.17, 15) is 0 Å². The van der Waals surface area contributed by atoms with Gasteiger partial charge in [0, 0.05) is 19.3 Å². The number of aromatic nitrogens is 10. The van der Waals surface area contributed by atoms with E-state index in [1.807, 2.05) is 60.7 Å². The molecule has 0 saturated carbocycles. The molecule has 0 atom stereocenters. The smallest absolute Gasteiger partial charge is 0.368 e. The Labute approximate surface area is 319 Å². The Morgan fingerprint density at radius 3 is 0.963 bits per heavy atom. The van der Waals surface area contributed by atoms with Gasteiger partial charge in [0.25, 0.3) is 0 Å². The minimum Gasteiger partial charge on any atom is -0.368 e. The van der Waals surface area contributed by atoms with Crippen LogP contribution in [-0.4, -0.2) is 49.8 Å². The number of anilines is 4. The first-order valence-electron chi connectivity index (χ1n) is 13.7. The third-order valence-corrected chi connectivity index (χ3v) is 5.15. The van der Waals surface area contributed by atoms with Crippen LogP contribution in [0.5, 0.6) is 0 Å². The first-order valence-corrected chi connectivity index (χ1v) is 16.2. The van der Waals surface area contributed by atoms with Gasteiger partial charge in [-0.15, -0.1) is 20.5 Å². The Kier molecular flexibility index (Phi) is 19.0. The van der Waals surface area contributed by atoms with Gasteiger partial charge in [-0.2, -0.15) is 35.2 Å². The first-order chi connectivity index (χ1) is 24.9. The van der Waals surface area contributed by atoms with Crippen molar-refractivity contribution in [2.24, 2.45) is 0 Å². The van der Waals surface area contributed by atoms with E-state index >= 15 is 0 Å². The summed E-state index contributed by atoms with van der Waals surface area (Å²) in [6.45, 7) is 1.43. The molecule has 23 nitrogen and oxygen atoms in total. The van der Waals surface area contributed by atoms with Gasteiger partial charge in [0.2, 0.25) is 23.8 Å². The number of hydrogen-bond donors (Lipinski definition) is 4. The molecule has 0 aliphatic rings. The molecule has 6 aromatic rings. The van der Waals surface area contributed by atoms with Gasteiger partial charge in [-0.3, -0.25) is 9.97 Å². The summed E-state index contributed by atoms with van der Waals surface area (Å²) < 4.78 is 67.9. The number of nitriles is 1. The fraction of sp³-hybridized carbons (Fsp3) is 0.0357. The van der Waals surface area contributed by atoms with Crippen LogP contribution < -0.4 is 60.2 Å². The molecule has 0 radical (unpaired) electrons. The molecular formula is C28H25Cl2FeN15O8. The van der Waals surface area contributed by atoms with Crippen molar-refractivity contribution in [3.05, 3.63) is 85.2 Å². The SMILES string of the molecule is CC#N.Nc1nc(N)nc(-c2cccc(-c3ccccn3)n2)n1.Nc1nc(N)nc(-c2cccc(-c3ccccn3)n2)n1.[Fe+2].[O-][Cl+3]([O-])([O-])[O-].[O-][Cl+3]([O-])([O-])[O-]. The molecule has 0 fully saturated rings.